The van der Waals surface area contributed by atoms with Gasteiger partial charge in [0.15, 0.2) is 0 Å². The Balaban J connectivity index is 4.09. The van der Waals surface area contributed by atoms with Crippen LogP contribution in [0.3, 0.4) is 0 Å². The van der Waals surface area contributed by atoms with E-state index in [0.717, 1.165) is 0 Å². The fraction of sp³-hybridized carbons (Fsp3) is 1.00. The van der Waals surface area contributed by atoms with E-state index < -0.39 is 91.3 Å². The lowest BCUT2D eigenvalue weighted by atomic mass is 9.85. The number of hydrogen-bond donors (Lipinski definition) is 9. The van der Waals surface area contributed by atoms with Crippen molar-refractivity contribution < 1.29 is 108 Å². The number of hydrogen-bond acceptors (Lipinski definition) is 15. The van der Waals surface area contributed by atoms with Gasteiger partial charge in [0.05, 0.1) is 0 Å². The summed E-state index contributed by atoms with van der Waals surface area (Å²) < 4.78 is 152. The third-order valence-electron chi connectivity index (χ3n) is 3.42. The Morgan fingerprint density at radius 3 is 0.750 bits per heavy atom. The zero-order valence-electron chi connectivity index (χ0n) is 16.2. The van der Waals surface area contributed by atoms with Gasteiger partial charge in [0.2, 0.25) is 0 Å². The lowest BCUT2D eigenvalue weighted by molar-refractivity contribution is -0.194. The second-order valence-corrected chi connectivity index (χ2v) is 12.9. The van der Waals surface area contributed by atoms with Gasteiger partial charge < -0.3 is 29.4 Å². The molecule has 6 atom stereocenters. The van der Waals surface area contributed by atoms with Crippen molar-refractivity contribution in [3.63, 3.8) is 0 Å². The van der Waals surface area contributed by atoms with Gasteiger partial charge in [0.25, 0.3) is 0 Å². The van der Waals surface area contributed by atoms with E-state index in [4.69, 9.17) is 43.0 Å². The van der Waals surface area contributed by atoms with E-state index in [1.807, 2.05) is 0 Å². The third kappa shape index (κ3) is 12.7. The van der Waals surface area contributed by atoms with Crippen LogP contribution in [0, 0.1) is 0 Å². The molecule has 0 spiro atoms. The Labute approximate surface area is 199 Å². The molecule has 1 fully saturated rings. The lowest BCUT2D eigenvalue weighted by Crippen LogP contribution is -2.67. The zero-order valence-corrected chi connectivity index (χ0v) is 21.3. The quantitative estimate of drug-likeness (QED) is 0.0711. The molecule has 0 saturated heterocycles. The topological polar surface area (TPSA) is 391 Å². The van der Waals surface area contributed by atoms with Crippen molar-refractivity contribution in [1.82, 2.24) is 0 Å². The summed E-state index contributed by atoms with van der Waals surface area (Å²) in [4.78, 5) is 54.6. The zero-order chi connectivity index (χ0) is 28.7. The fourth-order valence-electron chi connectivity index (χ4n) is 2.71. The molecular weight excluding hydrogens is 645 g/mol. The monoisotopic (exact) mass is 660 g/mol. The number of rotatable bonds is 12. The minimum Gasteiger partial charge on any atom is -0.303 e. The van der Waals surface area contributed by atoms with Crippen LogP contribution in [0.5, 0.6) is 0 Å². The maximum atomic E-state index is 11.4. The molecule has 0 aliphatic heterocycles. The van der Waals surface area contributed by atoms with Gasteiger partial charge in [0.1, 0.15) is 36.6 Å². The van der Waals surface area contributed by atoms with Crippen LogP contribution in [0.1, 0.15) is 0 Å². The van der Waals surface area contributed by atoms with Gasteiger partial charge in [-0.25, -0.2) is 26.2 Å². The molecule has 0 aromatic rings. The first kappa shape index (κ1) is 34.0. The summed E-state index contributed by atoms with van der Waals surface area (Å²) in [7, 11) is -36.2. The highest BCUT2D eigenvalue weighted by molar-refractivity contribution is 7.81. The molecule has 1 saturated carbocycles. The van der Waals surface area contributed by atoms with Gasteiger partial charge >= 0.3 is 54.7 Å². The molecule has 0 aromatic carbocycles. The van der Waals surface area contributed by atoms with E-state index in [1.54, 1.807) is 0 Å². The van der Waals surface area contributed by atoms with E-state index >= 15 is 0 Å². The van der Waals surface area contributed by atoms with E-state index in [0.29, 0.717) is 0 Å². The van der Waals surface area contributed by atoms with Crippen molar-refractivity contribution in [3.05, 3.63) is 0 Å². The molecule has 0 heterocycles. The van der Waals surface area contributed by atoms with Crippen LogP contribution in [0.25, 0.3) is 0 Å². The molecule has 0 radical (unpaired) electrons. The first-order valence-electron chi connectivity index (χ1n) is 7.76. The smallest absolute Gasteiger partial charge is 0.303 e. The van der Waals surface area contributed by atoms with Crippen LogP contribution in [0.15, 0.2) is 0 Å². The molecule has 9 N–H and O–H groups in total. The highest BCUT2D eigenvalue weighted by atomic mass is 32.3. The summed E-state index contributed by atoms with van der Waals surface area (Å²) in [6.07, 6.45) is -19.6. The lowest BCUT2D eigenvalue weighted by Gasteiger charge is -2.46. The largest absolute Gasteiger partial charge is 0.470 e. The second kappa shape index (κ2) is 11.2. The first-order chi connectivity index (χ1) is 15.6. The van der Waals surface area contributed by atoms with Crippen molar-refractivity contribution in [2.45, 2.75) is 36.6 Å². The average molecular weight is 660 g/mol. The van der Waals surface area contributed by atoms with Crippen molar-refractivity contribution in [2.24, 2.45) is 0 Å². The molecule has 0 amide bonds. The predicted molar refractivity (Wildman–Crippen MR) is 100 cm³/mol. The Kier molecular flexibility index (Phi) is 10.6. The molecule has 0 unspecified atom stereocenters. The Bertz CT molecular complexity index is 1180. The SMILES string of the molecule is O=P(O)(O)O[C@@H]1[C@@H](OP(=O)(O)O)[C@H](OS(=O)(=O)O)[C@H](OS(=O)(=O)O)[C@H](OS(=O)(=O)O)[C@H]1OP(=O)(O)O. The molecule has 1 aliphatic rings. The van der Waals surface area contributed by atoms with Gasteiger partial charge in [-0.15, -0.1) is 0 Å². The predicted octanol–water partition coefficient (Wildman–Crippen LogP) is -4.00. The van der Waals surface area contributed by atoms with Gasteiger partial charge in [-0.05, 0) is 0 Å². The minimum atomic E-state index is -6.07. The summed E-state index contributed by atoms with van der Waals surface area (Å²) >= 11 is 0. The normalized spacial score (nSPS) is 29.2. The Morgan fingerprint density at radius 2 is 0.583 bits per heavy atom. The van der Waals surface area contributed by atoms with Crippen LogP contribution in [0.2, 0.25) is 0 Å². The summed E-state index contributed by atoms with van der Waals surface area (Å²) in [5.74, 6) is 0. The Hall–Kier alpha value is -0.0600. The van der Waals surface area contributed by atoms with Gasteiger partial charge in [-0.3, -0.25) is 27.2 Å². The average Bonchev–Trinajstić information content (AvgIpc) is 2.51. The van der Waals surface area contributed by atoms with Crippen LogP contribution >= 0.6 is 23.5 Å². The van der Waals surface area contributed by atoms with Crippen LogP contribution < -0.4 is 0 Å². The molecule has 36 heavy (non-hydrogen) atoms. The van der Waals surface area contributed by atoms with Crippen LogP contribution in [-0.4, -0.2) is 105 Å². The summed E-state index contributed by atoms with van der Waals surface area (Å²) in [5, 5.41) is 0. The maximum Gasteiger partial charge on any atom is 0.470 e. The number of phosphoric acid groups is 3. The van der Waals surface area contributed by atoms with Gasteiger partial charge in [-0.2, -0.15) is 25.3 Å². The second-order valence-electron chi connectivity index (χ2n) is 6.15. The molecule has 0 bridgehead atoms. The highest BCUT2D eigenvalue weighted by Gasteiger charge is 2.62. The maximum absolute atomic E-state index is 11.4. The molecule has 24 nitrogen and oxygen atoms in total. The van der Waals surface area contributed by atoms with E-state index in [9.17, 15) is 38.9 Å². The van der Waals surface area contributed by atoms with Crippen molar-refractivity contribution in [2.75, 3.05) is 0 Å². The van der Waals surface area contributed by atoms with Crippen molar-refractivity contribution in [1.29, 1.82) is 0 Å². The molecule has 1 aliphatic carbocycles. The first-order valence-corrected chi connectivity index (χ1v) is 16.4. The fourth-order valence-corrected chi connectivity index (χ4v) is 5.88. The summed E-state index contributed by atoms with van der Waals surface area (Å²) in [6, 6.07) is 0. The molecule has 0 aromatic heterocycles. The van der Waals surface area contributed by atoms with E-state index in [1.165, 1.54) is 0 Å². The van der Waals surface area contributed by atoms with Crippen molar-refractivity contribution in [3.8, 4) is 0 Å². The number of phosphoric ester groups is 3. The van der Waals surface area contributed by atoms with Gasteiger partial charge in [-0.1, -0.05) is 0 Å². The molecule has 30 heteroatoms. The highest BCUT2D eigenvalue weighted by Crippen LogP contribution is 2.51. The van der Waals surface area contributed by atoms with Gasteiger partial charge in [0, 0.05) is 0 Å². The van der Waals surface area contributed by atoms with Crippen LogP contribution in [-0.2, 0) is 71.0 Å². The Morgan fingerprint density at radius 1 is 0.417 bits per heavy atom. The summed E-state index contributed by atoms with van der Waals surface area (Å²) in [5.41, 5.74) is 0. The molecule has 1 rings (SSSR count). The minimum absolute atomic E-state index is 3.23. The van der Waals surface area contributed by atoms with Crippen LogP contribution in [0.4, 0.5) is 0 Å². The summed E-state index contributed by atoms with van der Waals surface area (Å²) in [6.45, 7) is 0. The standard InChI is InChI=1S/C6H15O24P3S3/c7-31(8,9)25-1-2(26-32(10,11)12)4(28-34(16,17)18)6(30-36(22,23)24)5(29-35(19,20)21)3(1)27-33(13,14)15/h1-6H,(H2,7,8,9)(H2,10,11,12)(H2,13,14,15)(H,16,17,18)(H,19,20,21)(H,22,23,24)/t1-,2-,3+,4+,5-,6+. The van der Waals surface area contributed by atoms with E-state index in [-0.39, 0.29) is 0 Å². The molecule has 216 valence electrons. The van der Waals surface area contributed by atoms with Crippen molar-refractivity contribution >= 4 is 54.7 Å². The molecular formula is C6H15O24P3S3. The van der Waals surface area contributed by atoms with E-state index in [2.05, 4.69) is 26.1 Å². The third-order valence-corrected chi connectivity index (χ3v) is 6.37.